The summed E-state index contributed by atoms with van der Waals surface area (Å²) in [4.78, 5) is 4.89. The third-order valence-corrected chi connectivity index (χ3v) is 8.09. The first-order chi connectivity index (χ1) is 17.1. The maximum Gasteiger partial charge on any atom is 0.494 e. The Morgan fingerprint density at radius 3 is 1.75 bits per heavy atom. The topological polar surface area (TPSA) is 63.0 Å². The van der Waals surface area contributed by atoms with Crippen LogP contribution in [0.15, 0.2) is 54.7 Å². The molecule has 0 spiro atoms. The number of nitrogens with one attached hydrogen (secondary N) is 1. The van der Waals surface area contributed by atoms with Gasteiger partial charge in [0.1, 0.15) is 0 Å². The lowest BCUT2D eigenvalue weighted by molar-refractivity contribution is 0.00578. The molecule has 2 aliphatic rings. The minimum Gasteiger partial charge on any atom is -0.399 e. The molecule has 36 heavy (non-hydrogen) atoms. The zero-order valence-corrected chi connectivity index (χ0v) is 22.9. The van der Waals surface area contributed by atoms with Gasteiger partial charge in [-0.05, 0) is 75.8 Å². The third-order valence-electron chi connectivity index (χ3n) is 8.09. The number of piperazine rings is 1. The third kappa shape index (κ3) is 5.68. The maximum absolute atomic E-state index is 6.30. The molecule has 7 heteroatoms. The van der Waals surface area contributed by atoms with Crippen molar-refractivity contribution >= 4 is 29.7 Å². The van der Waals surface area contributed by atoms with Crippen LogP contribution < -0.4 is 26.3 Å². The second-order valence-corrected chi connectivity index (χ2v) is 11.0. The van der Waals surface area contributed by atoms with Gasteiger partial charge in [0.2, 0.25) is 0 Å². The van der Waals surface area contributed by atoms with Crippen LogP contribution in [0.4, 0.5) is 11.4 Å². The minimum absolute atomic E-state index is 0.316. The summed E-state index contributed by atoms with van der Waals surface area (Å²) in [7, 11) is -0.316. The quantitative estimate of drug-likeness (QED) is 0.537. The molecular weight excluding hydrogens is 447 g/mol. The molecule has 2 heterocycles. The summed E-state index contributed by atoms with van der Waals surface area (Å²) in [6.45, 7) is 16.7. The molecule has 3 N–H and O–H groups in total. The predicted molar refractivity (Wildman–Crippen MR) is 153 cm³/mol. The number of benzene rings is 2. The fourth-order valence-electron chi connectivity index (χ4n) is 4.72. The van der Waals surface area contributed by atoms with Gasteiger partial charge in [0.25, 0.3) is 0 Å². The van der Waals surface area contributed by atoms with Gasteiger partial charge < -0.3 is 30.2 Å². The van der Waals surface area contributed by atoms with Crippen molar-refractivity contribution < 1.29 is 9.31 Å². The lowest BCUT2D eigenvalue weighted by Crippen LogP contribution is -2.46. The summed E-state index contributed by atoms with van der Waals surface area (Å²) in [6.07, 6.45) is 4.13. The van der Waals surface area contributed by atoms with Crippen LogP contribution in [0.1, 0.15) is 59.9 Å². The molecule has 2 aliphatic heterocycles. The molecule has 0 atom stereocenters. The largest absolute Gasteiger partial charge is 0.494 e. The Balaban J connectivity index is 1.31. The normalized spacial score (nSPS) is 19.8. The van der Waals surface area contributed by atoms with Crippen molar-refractivity contribution in [1.82, 2.24) is 5.32 Å². The van der Waals surface area contributed by atoms with Crippen molar-refractivity contribution in [2.75, 3.05) is 36.0 Å². The van der Waals surface area contributed by atoms with Gasteiger partial charge in [0.15, 0.2) is 0 Å². The van der Waals surface area contributed by atoms with E-state index in [0.717, 1.165) is 55.7 Å². The van der Waals surface area contributed by atoms with Crippen molar-refractivity contribution in [3.8, 4) is 0 Å². The average Bonchev–Trinajstić information content (AvgIpc) is 3.11. The molecule has 2 aromatic rings. The molecule has 0 bridgehead atoms. The summed E-state index contributed by atoms with van der Waals surface area (Å²) in [5.41, 5.74) is 11.1. The Hall–Kier alpha value is -2.64. The molecule has 4 rings (SSSR count). The van der Waals surface area contributed by atoms with Gasteiger partial charge in [0.05, 0.1) is 16.9 Å². The zero-order chi connectivity index (χ0) is 25.9. The molecule has 0 amide bonds. The van der Waals surface area contributed by atoms with Crippen molar-refractivity contribution in [2.24, 2.45) is 5.73 Å². The Bertz CT molecular complexity index is 1010. The molecule has 0 aromatic heterocycles. The molecule has 0 radical (unpaired) electrons. The zero-order valence-electron chi connectivity index (χ0n) is 22.9. The van der Waals surface area contributed by atoms with Crippen LogP contribution in [-0.4, -0.2) is 50.5 Å². The smallest absolute Gasteiger partial charge is 0.399 e. The van der Waals surface area contributed by atoms with Crippen molar-refractivity contribution in [2.45, 2.75) is 71.6 Å². The number of nitrogens with zero attached hydrogens (tertiary/aromatic N) is 2. The molecule has 2 saturated heterocycles. The van der Waals surface area contributed by atoms with Crippen LogP contribution in [0, 0.1) is 0 Å². The number of nitrogens with two attached hydrogens (primary N) is 1. The van der Waals surface area contributed by atoms with E-state index in [0.29, 0.717) is 6.04 Å². The Morgan fingerprint density at radius 1 is 0.861 bits per heavy atom. The van der Waals surface area contributed by atoms with Crippen LogP contribution in [-0.2, 0) is 9.31 Å². The molecular formula is C29H43BN4O2. The molecule has 0 unspecified atom stereocenters. The summed E-state index contributed by atoms with van der Waals surface area (Å²) < 4.78 is 12.4. The minimum atomic E-state index is -0.322. The van der Waals surface area contributed by atoms with Crippen molar-refractivity contribution in [3.05, 3.63) is 60.3 Å². The average molecular weight is 491 g/mol. The highest BCUT2D eigenvalue weighted by Crippen LogP contribution is 2.36. The van der Waals surface area contributed by atoms with Crippen LogP contribution >= 0.6 is 0 Å². The second kappa shape index (κ2) is 10.8. The monoisotopic (exact) mass is 490 g/mol. The van der Waals surface area contributed by atoms with Gasteiger partial charge >= 0.3 is 7.12 Å². The first-order valence-electron chi connectivity index (χ1n) is 13.4. The molecule has 194 valence electrons. The maximum atomic E-state index is 6.30. The standard InChI is InChI=1S/C29H43BN4O2/c1-7-24(8-2)32-21-27(31)22-9-13-25(14-10-22)33-17-19-34(20-18-33)26-15-11-23(12-16-26)30-35-28(3,4)29(5,6)36-30/h9-16,21,24,32H,7-8,17-20,31H2,1-6H3/b27-21-. The van der Waals surface area contributed by atoms with Crippen molar-refractivity contribution in [3.63, 3.8) is 0 Å². The van der Waals surface area contributed by atoms with Crippen LogP contribution in [0.5, 0.6) is 0 Å². The highest BCUT2D eigenvalue weighted by atomic mass is 16.7. The van der Waals surface area contributed by atoms with Crippen LogP contribution in [0.25, 0.3) is 5.70 Å². The Kier molecular flexibility index (Phi) is 7.91. The van der Waals surface area contributed by atoms with E-state index in [4.69, 9.17) is 15.0 Å². The summed E-state index contributed by atoms with van der Waals surface area (Å²) in [5, 5.41) is 3.43. The van der Waals surface area contributed by atoms with Gasteiger partial charge in [-0.2, -0.15) is 0 Å². The SMILES string of the molecule is CCC(CC)N/C=C(\N)c1ccc(N2CCN(c3ccc(B4OC(C)(C)C(C)(C)O4)cc3)CC2)cc1. The van der Waals surface area contributed by atoms with E-state index in [1.54, 1.807) is 0 Å². The number of rotatable bonds is 8. The van der Waals surface area contributed by atoms with E-state index >= 15 is 0 Å². The van der Waals surface area contributed by atoms with Gasteiger partial charge in [-0.25, -0.2) is 0 Å². The van der Waals surface area contributed by atoms with E-state index < -0.39 is 0 Å². The van der Waals surface area contributed by atoms with E-state index in [1.807, 2.05) is 6.20 Å². The first kappa shape index (κ1) is 26.4. The second-order valence-electron chi connectivity index (χ2n) is 11.0. The Morgan fingerprint density at radius 2 is 1.31 bits per heavy atom. The predicted octanol–water partition coefficient (Wildman–Crippen LogP) is 4.35. The molecule has 0 saturated carbocycles. The van der Waals surface area contributed by atoms with Gasteiger partial charge in [-0.1, -0.05) is 38.1 Å². The van der Waals surface area contributed by atoms with Gasteiger partial charge in [0, 0.05) is 49.8 Å². The first-order valence-corrected chi connectivity index (χ1v) is 13.4. The van der Waals surface area contributed by atoms with Crippen LogP contribution in [0.3, 0.4) is 0 Å². The summed E-state index contributed by atoms with van der Waals surface area (Å²) in [6, 6.07) is 17.7. The highest BCUT2D eigenvalue weighted by molar-refractivity contribution is 6.62. The molecule has 6 nitrogen and oxygen atoms in total. The number of hydrogen-bond donors (Lipinski definition) is 2. The summed E-state index contributed by atoms with van der Waals surface area (Å²) >= 11 is 0. The van der Waals surface area contributed by atoms with Crippen molar-refractivity contribution in [1.29, 1.82) is 0 Å². The molecule has 2 fully saturated rings. The fourth-order valence-corrected chi connectivity index (χ4v) is 4.72. The highest BCUT2D eigenvalue weighted by Gasteiger charge is 2.51. The lowest BCUT2D eigenvalue weighted by atomic mass is 9.79. The number of anilines is 2. The van der Waals surface area contributed by atoms with Gasteiger partial charge in [-0.3, -0.25) is 0 Å². The van der Waals surface area contributed by atoms with Crippen LogP contribution in [0.2, 0.25) is 0 Å². The summed E-state index contributed by atoms with van der Waals surface area (Å²) in [5.74, 6) is 0. The molecule has 0 aliphatic carbocycles. The lowest BCUT2D eigenvalue weighted by Gasteiger charge is -2.37. The Labute approximate surface area is 218 Å². The van der Waals surface area contributed by atoms with Gasteiger partial charge in [-0.15, -0.1) is 0 Å². The fraction of sp³-hybridized carbons (Fsp3) is 0.517. The van der Waals surface area contributed by atoms with E-state index in [-0.39, 0.29) is 18.3 Å². The van der Waals surface area contributed by atoms with E-state index in [2.05, 4.69) is 105 Å². The van der Waals surface area contributed by atoms with E-state index in [9.17, 15) is 0 Å². The number of hydrogen-bond acceptors (Lipinski definition) is 6. The molecule has 2 aromatic carbocycles. The van der Waals surface area contributed by atoms with E-state index in [1.165, 1.54) is 11.4 Å².